The lowest BCUT2D eigenvalue weighted by Crippen LogP contribution is -2.28. The predicted octanol–water partition coefficient (Wildman–Crippen LogP) is 2.14. The van der Waals surface area contributed by atoms with E-state index in [0.29, 0.717) is 6.61 Å². The highest BCUT2D eigenvalue weighted by molar-refractivity contribution is 5.75. The number of hydrogen-bond acceptors (Lipinski definition) is 4. The quantitative estimate of drug-likeness (QED) is 0.549. The summed E-state index contributed by atoms with van der Waals surface area (Å²) in [6, 6.07) is 5.66. The summed E-state index contributed by atoms with van der Waals surface area (Å²) in [7, 11) is 0. The summed E-state index contributed by atoms with van der Waals surface area (Å²) < 4.78 is 5.21. The lowest BCUT2D eigenvalue weighted by molar-refractivity contribution is -0.139. The third-order valence-corrected chi connectivity index (χ3v) is 2.48. The number of pyridine rings is 1. The van der Waals surface area contributed by atoms with Gasteiger partial charge in [0, 0.05) is 12.3 Å². The van der Waals surface area contributed by atoms with Crippen molar-refractivity contribution < 1.29 is 14.4 Å². The number of carbonyl (C=O) groups excluding carboxylic acids is 1. The molecule has 0 fully saturated rings. The molecule has 1 rings (SSSR count). The van der Waals surface area contributed by atoms with Gasteiger partial charge in [-0.05, 0) is 25.5 Å². The van der Waals surface area contributed by atoms with Gasteiger partial charge >= 0.3 is 0 Å². The van der Waals surface area contributed by atoms with Crippen LogP contribution in [0, 0.1) is 6.92 Å². The van der Waals surface area contributed by atoms with Crippen LogP contribution in [0.2, 0.25) is 0 Å². The molecule has 0 saturated carbocycles. The molecule has 1 aromatic heterocycles. The molecular formula is C14H22N2O3. The van der Waals surface area contributed by atoms with E-state index < -0.39 is 0 Å². The Balaban J connectivity index is 2.07. The van der Waals surface area contributed by atoms with Crippen molar-refractivity contribution in [1.29, 1.82) is 0 Å². The van der Waals surface area contributed by atoms with E-state index in [2.05, 4.69) is 17.4 Å². The van der Waals surface area contributed by atoms with Crippen LogP contribution in [0.25, 0.3) is 0 Å². The zero-order valence-corrected chi connectivity index (χ0v) is 11.6. The molecule has 0 bridgehead atoms. The molecule has 0 aliphatic carbocycles. The Morgan fingerprint density at radius 1 is 1.37 bits per heavy atom. The molecule has 1 amide bonds. The van der Waals surface area contributed by atoms with E-state index in [1.54, 1.807) is 0 Å². The van der Waals surface area contributed by atoms with E-state index in [1.165, 1.54) is 0 Å². The van der Waals surface area contributed by atoms with Crippen molar-refractivity contribution in [2.75, 3.05) is 13.2 Å². The number of unbranched alkanes of at least 4 members (excludes halogenated alkanes) is 2. The van der Waals surface area contributed by atoms with Crippen molar-refractivity contribution in [2.24, 2.45) is 0 Å². The van der Waals surface area contributed by atoms with Gasteiger partial charge in [-0.3, -0.25) is 14.6 Å². The van der Waals surface area contributed by atoms with Crippen LogP contribution in [0.15, 0.2) is 18.2 Å². The van der Waals surface area contributed by atoms with Gasteiger partial charge in [-0.2, -0.15) is 0 Å². The molecule has 5 nitrogen and oxygen atoms in total. The molecule has 0 aromatic carbocycles. The molecule has 0 atom stereocenters. The van der Waals surface area contributed by atoms with Crippen molar-refractivity contribution in [3.05, 3.63) is 29.6 Å². The monoisotopic (exact) mass is 266 g/mol. The van der Waals surface area contributed by atoms with Crippen LogP contribution in [0.1, 0.15) is 37.6 Å². The Kier molecular flexibility index (Phi) is 7.77. The van der Waals surface area contributed by atoms with Gasteiger partial charge < -0.3 is 4.74 Å². The van der Waals surface area contributed by atoms with Gasteiger partial charge in [-0.1, -0.05) is 25.8 Å². The van der Waals surface area contributed by atoms with Crippen molar-refractivity contribution in [2.45, 2.75) is 39.7 Å². The number of aryl methyl sites for hydroxylation is 1. The fourth-order valence-electron chi connectivity index (χ4n) is 1.52. The number of amides is 1. The zero-order chi connectivity index (χ0) is 13.9. The molecule has 1 heterocycles. The Morgan fingerprint density at radius 3 is 2.95 bits per heavy atom. The van der Waals surface area contributed by atoms with Crippen molar-refractivity contribution in [3.8, 4) is 0 Å². The minimum absolute atomic E-state index is 0.0327. The summed E-state index contributed by atoms with van der Waals surface area (Å²) in [6.45, 7) is 4.93. The molecular weight excluding hydrogens is 244 g/mol. The fourth-order valence-corrected chi connectivity index (χ4v) is 1.52. The minimum atomic E-state index is -0.274. The summed E-state index contributed by atoms with van der Waals surface area (Å²) >= 11 is 0. The van der Waals surface area contributed by atoms with Crippen LogP contribution in [0.5, 0.6) is 0 Å². The molecule has 0 saturated heterocycles. The van der Waals surface area contributed by atoms with E-state index in [0.717, 1.165) is 30.7 Å². The summed E-state index contributed by atoms with van der Waals surface area (Å²) in [4.78, 5) is 20.7. The Bertz CT molecular complexity index is 383. The second-order valence-corrected chi connectivity index (χ2v) is 4.34. The maximum atomic E-state index is 11.4. The van der Waals surface area contributed by atoms with Crippen LogP contribution in [-0.2, 0) is 21.0 Å². The van der Waals surface area contributed by atoms with Gasteiger partial charge in [0.25, 0.3) is 5.91 Å². The number of carbonyl (C=O) groups is 1. The fraction of sp³-hybridized carbons (Fsp3) is 0.571. The maximum absolute atomic E-state index is 11.4. The minimum Gasteiger partial charge on any atom is -0.372 e. The highest BCUT2D eigenvalue weighted by Gasteiger charge is 2.02. The van der Waals surface area contributed by atoms with E-state index in [-0.39, 0.29) is 19.1 Å². The van der Waals surface area contributed by atoms with Crippen LogP contribution < -0.4 is 5.48 Å². The Hall–Kier alpha value is -1.46. The number of rotatable bonds is 9. The van der Waals surface area contributed by atoms with Crippen molar-refractivity contribution in [1.82, 2.24) is 10.5 Å². The molecule has 0 aliphatic heterocycles. The SMILES string of the molecule is CCCCCOCC(=O)NOCc1cccc(C)n1. The van der Waals surface area contributed by atoms with Gasteiger partial charge in [0.15, 0.2) is 0 Å². The summed E-state index contributed by atoms with van der Waals surface area (Å²) in [5, 5.41) is 0. The summed E-state index contributed by atoms with van der Waals surface area (Å²) in [5.74, 6) is -0.274. The number of nitrogens with one attached hydrogen (secondary N) is 1. The standard InChI is InChI=1S/C14H22N2O3/c1-3-4-5-9-18-11-14(17)16-19-10-13-8-6-7-12(2)15-13/h6-8H,3-5,9-11H2,1-2H3,(H,16,17). The largest absolute Gasteiger partial charge is 0.372 e. The smallest absolute Gasteiger partial charge is 0.269 e. The second kappa shape index (κ2) is 9.47. The average molecular weight is 266 g/mol. The predicted molar refractivity (Wildman–Crippen MR) is 72.2 cm³/mol. The van der Waals surface area contributed by atoms with E-state index >= 15 is 0 Å². The van der Waals surface area contributed by atoms with Crippen LogP contribution >= 0.6 is 0 Å². The number of hydroxylamine groups is 1. The third kappa shape index (κ3) is 7.54. The van der Waals surface area contributed by atoms with E-state index in [4.69, 9.17) is 9.57 Å². The Labute approximate surface area is 114 Å². The molecule has 106 valence electrons. The third-order valence-electron chi connectivity index (χ3n) is 2.48. The lowest BCUT2D eigenvalue weighted by atomic mass is 10.3. The lowest BCUT2D eigenvalue weighted by Gasteiger charge is -2.06. The van der Waals surface area contributed by atoms with E-state index in [1.807, 2.05) is 25.1 Å². The average Bonchev–Trinajstić information content (AvgIpc) is 2.38. The maximum Gasteiger partial charge on any atom is 0.269 e. The first-order valence-electron chi connectivity index (χ1n) is 6.63. The highest BCUT2D eigenvalue weighted by atomic mass is 16.7. The molecule has 19 heavy (non-hydrogen) atoms. The van der Waals surface area contributed by atoms with Crippen LogP contribution in [0.3, 0.4) is 0 Å². The molecule has 0 radical (unpaired) electrons. The Morgan fingerprint density at radius 2 is 2.21 bits per heavy atom. The molecule has 0 spiro atoms. The number of aromatic nitrogens is 1. The molecule has 1 aromatic rings. The number of ether oxygens (including phenoxy) is 1. The highest BCUT2D eigenvalue weighted by Crippen LogP contribution is 1.99. The van der Waals surface area contributed by atoms with E-state index in [9.17, 15) is 4.79 Å². The first-order chi connectivity index (χ1) is 9.22. The van der Waals surface area contributed by atoms with Gasteiger partial charge in [0.05, 0.1) is 5.69 Å². The zero-order valence-electron chi connectivity index (χ0n) is 11.6. The topological polar surface area (TPSA) is 60.5 Å². The van der Waals surface area contributed by atoms with Crippen molar-refractivity contribution in [3.63, 3.8) is 0 Å². The van der Waals surface area contributed by atoms with Gasteiger partial charge in [-0.15, -0.1) is 0 Å². The van der Waals surface area contributed by atoms with Crippen molar-refractivity contribution >= 4 is 5.91 Å². The van der Waals surface area contributed by atoms with Gasteiger partial charge in [0.2, 0.25) is 0 Å². The summed E-state index contributed by atoms with van der Waals surface area (Å²) in [5.41, 5.74) is 4.04. The first-order valence-corrected chi connectivity index (χ1v) is 6.63. The van der Waals surface area contributed by atoms with Gasteiger partial charge in [0.1, 0.15) is 13.2 Å². The van der Waals surface area contributed by atoms with Crippen LogP contribution in [0.4, 0.5) is 0 Å². The van der Waals surface area contributed by atoms with Gasteiger partial charge in [-0.25, -0.2) is 5.48 Å². The normalized spacial score (nSPS) is 10.4. The molecule has 0 aliphatic rings. The molecule has 5 heteroatoms. The molecule has 0 unspecified atom stereocenters. The first kappa shape index (κ1) is 15.6. The second-order valence-electron chi connectivity index (χ2n) is 4.34. The summed E-state index contributed by atoms with van der Waals surface area (Å²) in [6.07, 6.45) is 3.25. The number of hydrogen-bond donors (Lipinski definition) is 1. The van der Waals surface area contributed by atoms with Crippen LogP contribution in [-0.4, -0.2) is 24.1 Å². The molecule has 1 N–H and O–H groups in total. The number of nitrogens with zero attached hydrogens (tertiary/aromatic N) is 1.